The summed E-state index contributed by atoms with van der Waals surface area (Å²) in [7, 11) is 0. The number of carboxylic acid groups (broad SMARTS) is 1. The number of thiophene rings is 1. The molecule has 2 aromatic heterocycles. The lowest BCUT2D eigenvalue weighted by Gasteiger charge is -2.09. The van der Waals surface area contributed by atoms with Gasteiger partial charge in [0, 0.05) is 17.3 Å². The minimum absolute atomic E-state index is 0.634. The van der Waals surface area contributed by atoms with Gasteiger partial charge in [-0.1, -0.05) is 6.07 Å². The molecule has 5 heteroatoms. The second-order valence-corrected chi connectivity index (χ2v) is 5.69. The smallest absolute Gasteiger partial charge is 0.316 e. The fraction of sp³-hybridized carbons (Fsp3) is 0.0909. The summed E-state index contributed by atoms with van der Waals surface area (Å²) in [4.78, 5) is 16.0. The van der Waals surface area contributed by atoms with Crippen LogP contribution in [0.1, 0.15) is 16.4 Å². The van der Waals surface area contributed by atoms with Crippen molar-refractivity contribution in [3.63, 3.8) is 0 Å². The van der Waals surface area contributed by atoms with Crippen molar-refractivity contribution in [3.05, 3.63) is 50.9 Å². The lowest BCUT2D eigenvalue weighted by Crippen LogP contribution is -2.11. The normalized spacial score (nSPS) is 12.3. The van der Waals surface area contributed by atoms with Gasteiger partial charge in [-0.3, -0.25) is 9.78 Å². The zero-order chi connectivity index (χ0) is 11.5. The quantitative estimate of drug-likeness (QED) is 0.947. The summed E-state index contributed by atoms with van der Waals surface area (Å²) in [5.74, 6) is -1.49. The summed E-state index contributed by atoms with van der Waals surface area (Å²) in [6.45, 7) is 0. The SMILES string of the molecule is O=C(O)C(c1cccnc1)c1ccc(Br)s1. The highest BCUT2D eigenvalue weighted by Gasteiger charge is 2.23. The van der Waals surface area contributed by atoms with E-state index in [1.807, 2.05) is 12.1 Å². The van der Waals surface area contributed by atoms with E-state index in [-0.39, 0.29) is 0 Å². The van der Waals surface area contributed by atoms with Crippen molar-refractivity contribution in [2.24, 2.45) is 0 Å². The van der Waals surface area contributed by atoms with Crippen molar-refractivity contribution < 1.29 is 9.90 Å². The summed E-state index contributed by atoms with van der Waals surface area (Å²) in [6.07, 6.45) is 3.22. The summed E-state index contributed by atoms with van der Waals surface area (Å²) < 4.78 is 0.928. The molecular weight excluding hydrogens is 290 g/mol. The monoisotopic (exact) mass is 297 g/mol. The van der Waals surface area contributed by atoms with Crippen molar-refractivity contribution in [2.45, 2.75) is 5.92 Å². The molecule has 0 aliphatic rings. The van der Waals surface area contributed by atoms with Crippen LogP contribution in [0.15, 0.2) is 40.4 Å². The van der Waals surface area contributed by atoms with Crippen LogP contribution in [0, 0.1) is 0 Å². The van der Waals surface area contributed by atoms with Gasteiger partial charge in [-0.25, -0.2) is 0 Å². The molecule has 0 amide bonds. The van der Waals surface area contributed by atoms with E-state index in [9.17, 15) is 9.90 Å². The van der Waals surface area contributed by atoms with Gasteiger partial charge in [0.2, 0.25) is 0 Å². The molecular formula is C11H8BrNO2S. The highest BCUT2D eigenvalue weighted by atomic mass is 79.9. The Balaban J connectivity index is 2.43. The standard InChI is InChI=1S/C11H8BrNO2S/c12-9-4-3-8(16-9)10(11(14)15)7-2-1-5-13-6-7/h1-6,10H,(H,14,15). The summed E-state index contributed by atoms with van der Waals surface area (Å²) in [5.41, 5.74) is 0.698. The molecule has 3 nitrogen and oxygen atoms in total. The minimum Gasteiger partial charge on any atom is -0.481 e. The number of hydrogen-bond acceptors (Lipinski definition) is 3. The zero-order valence-corrected chi connectivity index (χ0v) is 10.5. The van der Waals surface area contributed by atoms with E-state index in [0.29, 0.717) is 5.56 Å². The molecule has 2 heterocycles. The first-order chi connectivity index (χ1) is 7.68. The first kappa shape index (κ1) is 11.3. The summed E-state index contributed by atoms with van der Waals surface area (Å²) >= 11 is 4.76. The topological polar surface area (TPSA) is 50.2 Å². The third-order valence-electron chi connectivity index (χ3n) is 2.14. The third kappa shape index (κ3) is 2.31. The van der Waals surface area contributed by atoms with E-state index in [1.165, 1.54) is 11.3 Å². The van der Waals surface area contributed by atoms with Gasteiger partial charge in [-0.05, 0) is 39.7 Å². The van der Waals surface area contributed by atoms with E-state index < -0.39 is 11.9 Å². The minimum atomic E-state index is -0.859. The van der Waals surface area contributed by atoms with E-state index in [0.717, 1.165) is 8.66 Å². The number of carboxylic acids is 1. The van der Waals surface area contributed by atoms with Crippen LogP contribution in [-0.2, 0) is 4.79 Å². The molecule has 1 unspecified atom stereocenters. The van der Waals surface area contributed by atoms with Gasteiger partial charge in [0.25, 0.3) is 0 Å². The van der Waals surface area contributed by atoms with Crippen LogP contribution < -0.4 is 0 Å². The Hall–Kier alpha value is -1.20. The number of pyridine rings is 1. The van der Waals surface area contributed by atoms with E-state index in [4.69, 9.17) is 0 Å². The number of hydrogen-bond donors (Lipinski definition) is 1. The number of nitrogens with zero attached hydrogens (tertiary/aromatic N) is 1. The summed E-state index contributed by atoms with van der Waals surface area (Å²) in [6, 6.07) is 7.19. The molecule has 0 saturated heterocycles. The maximum absolute atomic E-state index is 11.3. The van der Waals surface area contributed by atoms with Crippen molar-refractivity contribution in [1.29, 1.82) is 0 Å². The average molecular weight is 298 g/mol. The lowest BCUT2D eigenvalue weighted by molar-refractivity contribution is -0.137. The highest BCUT2D eigenvalue weighted by Crippen LogP contribution is 2.32. The number of aliphatic carboxylic acids is 1. The predicted octanol–water partition coefficient (Wildman–Crippen LogP) is 3.12. The predicted molar refractivity (Wildman–Crippen MR) is 65.7 cm³/mol. The highest BCUT2D eigenvalue weighted by molar-refractivity contribution is 9.11. The number of aromatic nitrogens is 1. The fourth-order valence-corrected chi connectivity index (χ4v) is 3.00. The number of halogens is 1. The molecule has 0 aliphatic heterocycles. The molecule has 0 fully saturated rings. The Morgan fingerprint density at radius 2 is 2.25 bits per heavy atom. The molecule has 0 radical (unpaired) electrons. The molecule has 82 valence electrons. The van der Waals surface area contributed by atoms with Gasteiger partial charge < -0.3 is 5.11 Å². The van der Waals surface area contributed by atoms with E-state index in [1.54, 1.807) is 24.5 Å². The average Bonchev–Trinajstić information content (AvgIpc) is 2.66. The Bertz CT molecular complexity index is 498. The molecule has 0 aromatic carbocycles. The lowest BCUT2D eigenvalue weighted by atomic mass is 10.00. The Morgan fingerprint density at radius 3 is 2.75 bits per heavy atom. The van der Waals surface area contributed by atoms with Gasteiger partial charge in [0.15, 0.2) is 0 Å². The Labute approximate surface area is 105 Å². The van der Waals surface area contributed by atoms with Crippen LogP contribution in [0.2, 0.25) is 0 Å². The van der Waals surface area contributed by atoms with Crippen LogP contribution in [0.4, 0.5) is 0 Å². The maximum atomic E-state index is 11.3. The molecule has 1 N–H and O–H groups in total. The molecule has 16 heavy (non-hydrogen) atoms. The molecule has 0 bridgehead atoms. The van der Waals surface area contributed by atoms with Crippen molar-refractivity contribution in [2.75, 3.05) is 0 Å². The maximum Gasteiger partial charge on any atom is 0.316 e. The second kappa shape index (κ2) is 4.76. The van der Waals surface area contributed by atoms with Gasteiger partial charge in [-0.2, -0.15) is 0 Å². The van der Waals surface area contributed by atoms with Gasteiger partial charge in [-0.15, -0.1) is 11.3 Å². The van der Waals surface area contributed by atoms with Crippen LogP contribution in [0.5, 0.6) is 0 Å². The Morgan fingerprint density at radius 1 is 1.44 bits per heavy atom. The Kier molecular flexibility index (Phi) is 3.36. The van der Waals surface area contributed by atoms with E-state index in [2.05, 4.69) is 20.9 Å². The molecule has 2 aromatic rings. The van der Waals surface area contributed by atoms with Gasteiger partial charge in [0.05, 0.1) is 3.79 Å². The third-order valence-corrected chi connectivity index (χ3v) is 3.83. The van der Waals surface area contributed by atoms with Crippen molar-refractivity contribution >= 4 is 33.2 Å². The van der Waals surface area contributed by atoms with Crippen LogP contribution in [0.3, 0.4) is 0 Å². The van der Waals surface area contributed by atoms with Gasteiger partial charge >= 0.3 is 5.97 Å². The zero-order valence-electron chi connectivity index (χ0n) is 8.13. The molecule has 1 atom stereocenters. The number of rotatable bonds is 3. The van der Waals surface area contributed by atoms with Crippen LogP contribution >= 0.6 is 27.3 Å². The fourth-order valence-electron chi connectivity index (χ4n) is 1.46. The number of carbonyl (C=O) groups is 1. The van der Waals surface area contributed by atoms with Gasteiger partial charge in [0.1, 0.15) is 5.92 Å². The summed E-state index contributed by atoms with van der Waals surface area (Å²) in [5, 5.41) is 9.25. The first-order valence-corrected chi connectivity index (χ1v) is 6.17. The van der Waals surface area contributed by atoms with Crippen LogP contribution in [0.25, 0.3) is 0 Å². The van der Waals surface area contributed by atoms with Crippen molar-refractivity contribution in [1.82, 2.24) is 4.98 Å². The molecule has 0 spiro atoms. The largest absolute Gasteiger partial charge is 0.481 e. The van der Waals surface area contributed by atoms with Crippen LogP contribution in [-0.4, -0.2) is 16.1 Å². The van der Waals surface area contributed by atoms with Crippen molar-refractivity contribution in [3.8, 4) is 0 Å². The molecule has 2 rings (SSSR count). The first-order valence-electron chi connectivity index (χ1n) is 4.56. The molecule has 0 saturated carbocycles. The van der Waals surface area contributed by atoms with E-state index >= 15 is 0 Å². The second-order valence-electron chi connectivity index (χ2n) is 3.20. The molecule has 0 aliphatic carbocycles.